The van der Waals surface area contributed by atoms with Crippen LogP contribution in [0.3, 0.4) is 0 Å². The Morgan fingerprint density at radius 3 is 2.79 bits per heavy atom. The third-order valence-corrected chi connectivity index (χ3v) is 1.64. The molecule has 0 aliphatic carbocycles. The average molecular weight is 194 g/mol. The van der Waals surface area contributed by atoms with Gasteiger partial charge in [-0.15, -0.1) is 0 Å². The van der Waals surface area contributed by atoms with Crippen molar-refractivity contribution in [2.45, 2.75) is 0 Å². The topological polar surface area (TPSA) is 84.9 Å². The van der Waals surface area contributed by atoms with Gasteiger partial charge >= 0.3 is 5.97 Å². The summed E-state index contributed by atoms with van der Waals surface area (Å²) in [7, 11) is 1.46. The van der Waals surface area contributed by atoms with Crippen molar-refractivity contribution in [2.24, 2.45) is 10.9 Å². The normalized spacial score (nSPS) is 10.4. The van der Waals surface area contributed by atoms with Crippen LogP contribution in [0, 0.1) is 0 Å². The summed E-state index contributed by atoms with van der Waals surface area (Å²) in [5, 5.41) is 12.1. The number of carboxylic acids is 1. The Morgan fingerprint density at radius 2 is 2.29 bits per heavy atom. The van der Waals surface area contributed by atoms with Crippen LogP contribution >= 0.6 is 0 Å². The molecule has 0 bridgehead atoms. The van der Waals surface area contributed by atoms with E-state index in [9.17, 15) is 4.79 Å². The highest BCUT2D eigenvalue weighted by Crippen LogP contribution is 2.15. The quantitative estimate of drug-likeness (QED) is 0.421. The number of hydrogen-bond donors (Lipinski definition) is 2. The molecule has 74 valence electrons. The summed E-state index contributed by atoms with van der Waals surface area (Å²) in [6.07, 6.45) is 1.36. The first kappa shape index (κ1) is 10.0. The summed E-state index contributed by atoms with van der Waals surface area (Å²) in [6.45, 7) is 0. The highest BCUT2D eigenvalue weighted by Gasteiger charge is 2.06. The molecule has 0 aliphatic heterocycles. The van der Waals surface area contributed by atoms with E-state index >= 15 is 0 Å². The second-order valence-electron chi connectivity index (χ2n) is 2.58. The molecule has 0 saturated heterocycles. The predicted molar refractivity (Wildman–Crippen MR) is 51.7 cm³/mol. The van der Waals surface area contributed by atoms with E-state index in [4.69, 9.17) is 15.7 Å². The maximum absolute atomic E-state index is 10.7. The highest BCUT2D eigenvalue weighted by atomic mass is 16.5. The van der Waals surface area contributed by atoms with E-state index in [2.05, 4.69) is 5.10 Å². The standard InChI is InChI=1S/C9H10N2O3/c1-14-8-3-6(5-11-10)2-7(4-8)9(12)13/h2-5H,10H2,1H3,(H,12,13). The maximum atomic E-state index is 10.7. The van der Waals surface area contributed by atoms with Crippen molar-refractivity contribution in [2.75, 3.05) is 7.11 Å². The van der Waals surface area contributed by atoms with Gasteiger partial charge in [-0.2, -0.15) is 5.10 Å². The summed E-state index contributed by atoms with van der Waals surface area (Å²) in [6, 6.07) is 4.53. The van der Waals surface area contributed by atoms with Crippen LogP contribution < -0.4 is 10.6 Å². The van der Waals surface area contributed by atoms with E-state index in [1.807, 2.05) is 0 Å². The van der Waals surface area contributed by atoms with Gasteiger partial charge in [0, 0.05) is 0 Å². The fourth-order valence-corrected chi connectivity index (χ4v) is 1.02. The molecule has 0 fully saturated rings. The second-order valence-corrected chi connectivity index (χ2v) is 2.58. The van der Waals surface area contributed by atoms with Crippen molar-refractivity contribution in [1.29, 1.82) is 0 Å². The van der Waals surface area contributed by atoms with E-state index in [0.29, 0.717) is 11.3 Å². The molecule has 0 atom stereocenters. The van der Waals surface area contributed by atoms with Crippen molar-refractivity contribution in [3.05, 3.63) is 29.3 Å². The first-order chi connectivity index (χ1) is 6.67. The first-order valence-electron chi connectivity index (χ1n) is 3.83. The molecule has 0 radical (unpaired) electrons. The highest BCUT2D eigenvalue weighted by molar-refractivity contribution is 5.91. The van der Waals surface area contributed by atoms with E-state index in [-0.39, 0.29) is 5.56 Å². The minimum Gasteiger partial charge on any atom is -0.497 e. The molecule has 1 aromatic carbocycles. The van der Waals surface area contributed by atoms with E-state index in [0.717, 1.165) is 0 Å². The smallest absolute Gasteiger partial charge is 0.335 e. The van der Waals surface area contributed by atoms with Crippen LogP contribution in [0.2, 0.25) is 0 Å². The van der Waals surface area contributed by atoms with Crippen molar-refractivity contribution >= 4 is 12.2 Å². The SMILES string of the molecule is COc1cc(C=NN)cc(C(=O)O)c1. The molecule has 1 rings (SSSR count). The lowest BCUT2D eigenvalue weighted by Crippen LogP contribution is -1.99. The molecule has 0 spiro atoms. The number of nitrogens with two attached hydrogens (primary N) is 1. The van der Waals surface area contributed by atoms with Crippen molar-refractivity contribution in [3.63, 3.8) is 0 Å². The van der Waals surface area contributed by atoms with Crippen LogP contribution in [-0.4, -0.2) is 24.4 Å². The Bertz CT molecular complexity index is 374. The molecular weight excluding hydrogens is 184 g/mol. The molecular formula is C9H10N2O3. The molecule has 5 nitrogen and oxygen atoms in total. The Hall–Kier alpha value is -2.04. The zero-order valence-electron chi connectivity index (χ0n) is 7.60. The zero-order chi connectivity index (χ0) is 10.6. The largest absolute Gasteiger partial charge is 0.497 e. The van der Waals surface area contributed by atoms with Gasteiger partial charge in [-0.05, 0) is 23.8 Å². The van der Waals surface area contributed by atoms with Crippen LogP contribution in [0.5, 0.6) is 5.75 Å². The van der Waals surface area contributed by atoms with Gasteiger partial charge in [-0.1, -0.05) is 0 Å². The molecule has 1 aromatic rings. The molecule has 0 aromatic heterocycles. The van der Waals surface area contributed by atoms with Crippen LogP contribution in [-0.2, 0) is 0 Å². The number of carboxylic acid groups (broad SMARTS) is 1. The van der Waals surface area contributed by atoms with Gasteiger partial charge < -0.3 is 15.7 Å². The molecule has 14 heavy (non-hydrogen) atoms. The summed E-state index contributed by atoms with van der Waals surface area (Å²) in [5.41, 5.74) is 0.725. The van der Waals surface area contributed by atoms with Crippen LogP contribution in [0.15, 0.2) is 23.3 Å². The van der Waals surface area contributed by atoms with Crippen LogP contribution in [0.4, 0.5) is 0 Å². The lowest BCUT2D eigenvalue weighted by atomic mass is 10.1. The van der Waals surface area contributed by atoms with E-state index in [1.165, 1.54) is 25.5 Å². The molecule has 0 saturated carbocycles. The first-order valence-corrected chi connectivity index (χ1v) is 3.83. The number of ether oxygens (including phenoxy) is 1. The third-order valence-electron chi connectivity index (χ3n) is 1.64. The number of hydrogen-bond acceptors (Lipinski definition) is 4. The number of hydrazone groups is 1. The number of nitrogens with zero attached hydrogens (tertiary/aromatic N) is 1. The van der Waals surface area contributed by atoms with Gasteiger partial charge in [0.25, 0.3) is 0 Å². The van der Waals surface area contributed by atoms with Gasteiger partial charge in [-0.25, -0.2) is 4.79 Å². The van der Waals surface area contributed by atoms with Gasteiger partial charge in [0.15, 0.2) is 0 Å². The average Bonchev–Trinajstić information content (AvgIpc) is 2.17. The zero-order valence-corrected chi connectivity index (χ0v) is 7.60. The van der Waals surface area contributed by atoms with E-state index < -0.39 is 5.97 Å². The van der Waals surface area contributed by atoms with Crippen molar-refractivity contribution in [1.82, 2.24) is 0 Å². The predicted octanol–water partition coefficient (Wildman–Crippen LogP) is 0.686. The number of benzene rings is 1. The molecule has 0 heterocycles. The Morgan fingerprint density at radius 1 is 1.57 bits per heavy atom. The molecule has 0 unspecified atom stereocenters. The Kier molecular flexibility index (Phi) is 3.06. The molecule has 3 N–H and O–H groups in total. The van der Waals surface area contributed by atoms with Crippen molar-refractivity contribution < 1.29 is 14.6 Å². The lowest BCUT2D eigenvalue weighted by molar-refractivity contribution is 0.0696. The van der Waals surface area contributed by atoms with Crippen molar-refractivity contribution in [3.8, 4) is 5.75 Å². The number of rotatable bonds is 3. The number of aromatic carboxylic acids is 1. The summed E-state index contributed by atoms with van der Waals surface area (Å²) >= 11 is 0. The molecule has 0 aliphatic rings. The van der Waals surface area contributed by atoms with E-state index in [1.54, 1.807) is 6.07 Å². The maximum Gasteiger partial charge on any atom is 0.335 e. The minimum atomic E-state index is -1.02. The monoisotopic (exact) mass is 194 g/mol. The summed E-state index contributed by atoms with van der Waals surface area (Å²) < 4.78 is 4.93. The summed E-state index contributed by atoms with van der Waals surface area (Å²) in [5.74, 6) is 4.40. The van der Waals surface area contributed by atoms with Gasteiger partial charge in [0.05, 0.1) is 18.9 Å². The molecule has 5 heteroatoms. The number of carbonyl (C=O) groups is 1. The van der Waals surface area contributed by atoms with Crippen LogP contribution in [0.1, 0.15) is 15.9 Å². The number of methoxy groups -OCH3 is 1. The van der Waals surface area contributed by atoms with Gasteiger partial charge in [-0.3, -0.25) is 0 Å². The van der Waals surface area contributed by atoms with Crippen LogP contribution in [0.25, 0.3) is 0 Å². The lowest BCUT2D eigenvalue weighted by Gasteiger charge is -2.02. The fourth-order valence-electron chi connectivity index (χ4n) is 1.02. The molecule has 0 amide bonds. The minimum absolute atomic E-state index is 0.138. The fraction of sp³-hybridized carbons (Fsp3) is 0.111. The Labute approximate surface area is 80.8 Å². The van der Waals surface area contributed by atoms with Gasteiger partial charge in [0.2, 0.25) is 0 Å². The van der Waals surface area contributed by atoms with Gasteiger partial charge in [0.1, 0.15) is 5.75 Å². The summed E-state index contributed by atoms with van der Waals surface area (Å²) in [4.78, 5) is 10.7. The second kappa shape index (κ2) is 4.27. The Balaban J connectivity index is 3.19. The third kappa shape index (κ3) is 2.22.